The van der Waals surface area contributed by atoms with E-state index in [1.807, 2.05) is 0 Å². The van der Waals surface area contributed by atoms with E-state index in [0.29, 0.717) is 5.88 Å². The molecule has 0 radical (unpaired) electrons. The Morgan fingerprint density at radius 2 is 1.85 bits per heavy atom. The van der Waals surface area contributed by atoms with Crippen molar-refractivity contribution in [3.05, 3.63) is 29.8 Å². The molecular weight excluding hydrogens is 212 g/mol. The third kappa shape index (κ3) is 2.43. The molecule has 0 unspecified atom stereocenters. The van der Waals surface area contributed by atoms with Crippen LogP contribution in [0.1, 0.15) is 5.56 Å². The Morgan fingerprint density at radius 1 is 1.31 bits per heavy atom. The van der Waals surface area contributed by atoms with Gasteiger partial charge >= 0.3 is 0 Å². The summed E-state index contributed by atoms with van der Waals surface area (Å²) < 4.78 is 26.6. The van der Waals surface area contributed by atoms with Crippen molar-refractivity contribution in [2.75, 3.05) is 7.11 Å². The number of halogens is 1. The molecule has 0 aliphatic heterocycles. The van der Waals surface area contributed by atoms with Crippen LogP contribution in [0.4, 0.5) is 0 Å². The number of alkyl halides is 1. The Bertz CT molecular complexity index is 369. The van der Waals surface area contributed by atoms with Crippen molar-refractivity contribution < 1.29 is 12.6 Å². The van der Waals surface area contributed by atoms with Crippen LogP contribution >= 0.6 is 11.6 Å². The lowest BCUT2D eigenvalue weighted by atomic mass is 10.2. The van der Waals surface area contributed by atoms with Crippen molar-refractivity contribution in [3.8, 4) is 0 Å². The first-order valence-electron chi connectivity index (χ1n) is 3.55. The van der Waals surface area contributed by atoms with Crippen LogP contribution in [0.25, 0.3) is 0 Å². The molecule has 0 saturated carbocycles. The van der Waals surface area contributed by atoms with Crippen molar-refractivity contribution in [3.63, 3.8) is 0 Å². The molecule has 0 atom stereocenters. The van der Waals surface area contributed by atoms with Crippen molar-refractivity contribution >= 4 is 21.7 Å². The van der Waals surface area contributed by atoms with Crippen molar-refractivity contribution in [1.82, 2.24) is 0 Å². The molecule has 0 heterocycles. The second-order valence-corrected chi connectivity index (χ2v) is 4.38. The summed E-state index contributed by atoms with van der Waals surface area (Å²) in [6.45, 7) is 0. The van der Waals surface area contributed by atoms with Crippen LogP contribution < -0.4 is 0 Å². The monoisotopic (exact) mass is 220 g/mol. The van der Waals surface area contributed by atoms with Gasteiger partial charge in [0, 0.05) is 5.88 Å². The molecule has 0 saturated heterocycles. The molecule has 0 aliphatic carbocycles. The highest BCUT2D eigenvalue weighted by molar-refractivity contribution is 7.86. The molecule has 1 aromatic rings. The summed E-state index contributed by atoms with van der Waals surface area (Å²) in [5, 5.41) is 0. The van der Waals surface area contributed by atoms with Gasteiger partial charge in [-0.15, -0.1) is 11.6 Å². The first-order valence-corrected chi connectivity index (χ1v) is 5.50. The molecule has 0 aromatic heterocycles. The quantitative estimate of drug-likeness (QED) is 0.576. The molecule has 13 heavy (non-hydrogen) atoms. The van der Waals surface area contributed by atoms with E-state index in [1.165, 1.54) is 12.1 Å². The molecule has 1 rings (SSSR count). The summed E-state index contributed by atoms with van der Waals surface area (Å²) in [6.07, 6.45) is 0. The third-order valence-corrected chi connectivity index (χ3v) is 3.18. The van der Waals surface area contributed by atoms with Crippen LogP contribution in [0, 0.1) is 0 Å². The Labute approximate surface area is 82.4 Å². The van der Waals surface area contributed by atoms with Crippen LogP contribution in [0.5, 0.6) is 0 Å². The maximum Gasteiger partial charge on any atom is 0.296 e. The summed E-state index contributed by atoms with van der Waals surface area (Å²) in [5.41, 5.74) is 0.872. The highest BCUT2D eigenvalue weighted by atomic mass is 35.5. The zero-order valence-electron chi connectivity index (χ0n) is 7.03. The van der Waals surface area contributed by atoms with E-state index < -0.39 is 10.1 Å². The Morgan fingerprint density at radius 3 is 2.23 bits per heavy atom. The van der Waals surface area contributed by atoms with Gasteiger partial charge in [-0.2, -0.15) is 8.42 Å². The smallest absolute Gasteiger partial charge is 0.270 e. The molecule has 72 valence electrons. The van der Waals surface area contributed by atoms with E-state index >= 15 is 0 Å². The minimum atomic E-state index is -3.57. The maximum atomic E-state index is 11.1. The highest BCUT2D eigenvalue weighted by Gasteiger charge is 2.11. The number of rotatable bonds is 3. The van der Waals surface area contributed by atoms with Gasteiger partial charge in [0.1, 0.15) is 0 Å². The topological polar surface area (TPSA) is 43.4 Å². The second-order valence-electron chi connectivity index (χ2n) is 2.40. The van der Waals surface area contributed by atoms with E-state index in [1.54, 1.807) is 12.1 Å². The number of hydrogen-bond acceptors (Lipinski definition) is 3. The average molecular weight is 221 g/mol. The summed E-state index contributed by atoms with van der Waals surface area (Å²) >= 11 is 5.55. The molecule has 0 spiro atoms. The number of benzene rings is 1. The zero-order chi connectivity index (χ0) is 9.90. The van der Waals surface area contributed by atoms with E-state index in [2.05, 4.69) is 4.18 Å². The Balaban J connectivity index is 3.06. The first-order chi connectivity index (χ1) is 6.10. The summed E-state index contributed by atoms with van der Waals surface area (Å²) in [7, 11) is -2.44. The van der Waals surface area contributed by atoms with Crippen molar-refractivity contribution in [2.24, 2.45) is 0 Å². The van der Waals surface area contributed by atoms with Crippen LogP contribution in [0.2, 0.25) is 0 Å². The summed E-state index contributed by atoms with van der Waals surface area (Å²) in [4.78, 5) is 0.142. The molecule has 0 amide bonds. The van der Waals surface area contributed by atoms with Crippen molar-refractivity contribution in [2.45, 2.75) is 10.8 Å². The molecule has 3 nitrogen and oxygen atoms in total. The average Bonchev–Trinajstić information content (AvgIpc) is 2.18. The Hall–Kier alpha value is -0.580. The van der Waals surface area contributed by atoms with Gasteiger partial charge in [0.05, 0.1) is 12.0 Å². The van der Waals surface area contributed by atoms with Crippen LogP contribution in [0.3, 0.4) is 0 Å². The molecule has 0 N–H and O–H groups in total. The molecule has 0 bridgehead atoms. The van der Waals surface area contributed by atoms with E-state index in [0.717, 1.165) is 12.7 Å². The summed E-state index contributed by atoms with van der Waals surface area (Å²) in [6, 6.07) is 6.24. The molecular formula is C8H9ClO3S. The first kappa shape index (κ1) is 10.5. The minimum Gasteiger partial charge on any atom is -0.270 e. The lowest BCUT2D eigenvalue weighted by molar-refractivity contribution is 0.398. The molecule has 5 heteroatoms. The van der Waals surface area contributed by atoms with Crippen LogP contribution in [-0.4, -0.2) is 15.5 Å². The fourth-order valence-corrected chi connectivity index (χ4v) is 1.68. The molecule has 0 aliphatic rings. The third-order valence-electron chi connectivity index (χ3n) is 1.59. The van der Waals surface area contributed by atoms with Gasteiger partial charge < -0.3 is 0 Å². The van der Waals surface area contributed by atoms with Gasteiger partial charge in [-0.1, -0.05) is 12.1 Å². The normalized spacial score (nSPS) is 11.5. The van der Waals surface area contributed by atoms with E-state index in [4.69, 9.17) is 11.6 Å². The van der Waals surface area contributed by atoms with Crippen LogP contribution in [0.15, 0.2) is 29.2 Å². The van der Waals surface area contributed by atoms with Gasteiger partial charge in [-0.25, -0.2) is 0 Å². The molecule has 0 fully saturated rings. The van der Waals surface area contributed by atoms with Gasteiger partial charge in [-0.3, -0.25) is 4.18 Å². The summed E-state index contributed by atoms with van der Waals surface area (Å²) in [5.74, 6) is 0.368. The lowest BCUT2D eigenvalue weighted by Gasteiger charge is -2.01. The standard InChI is InChI=1S/C8H9ClO3S/c1-12-13(10,11)8-4-2-7(6-9)3-5-8/h2-5H,6H2,1H3. The molecule has 1 aromatic carbocycles. The fourth-order valence-electron chi connectivity index (χ4n) is 0.841. The van der Waals surface area contributed by atoms with Crippen LogP contribution in [-0.2, 0) is 20.2 Å². The largest absolute Gasteiger partial charge is 0.296 e. The van der Waals surface area contributed by atoms with Crippen molar-refractivity contribution in [1.29, 1.82) is 0 Å². The lowest BCUT2D eigenvalue weighted by Crippen LogP contribution is -2.02. The Kier molecular flexibility index (Phi) is 3.30. The zero-order valence-corrected chi connectivity index (χ0v) is 8.60. The van der Waals surface area contributed by atoms with Gasteiger partial charge in [0.15, 0.2) is 0 Å². The second kappa shape index (κ2) is 4.09. The number of hydrogen-bond donors (Lipinski definition) is 0. The van der Waals surface area contributed by atoms with Gasteiger partial charge in [-0.05, 0) is 17.7 Å². The van der Waals surface area contributed by atoms with Gasteiger partial charge in [0.2, 0.25) is 0 Å². The fraction of sp³-hybridized carbons (Fsp3) is 0.250. The minimum absolute atomic E-state index is 0.142. The maximum absolute atomic E-state index is 11.1. The SMILES string of the molecule is COS(=O)(=O)c1ccc(CCl)cc1. The van der Waals surface area contributed by atoms with E-state index in [9.17, 15) is 8.42 Å². The highest BCUT2D eigenvalue weighted by Crippen LogP contribution is 2.13. The predicted molar refractivity (Wildman–Crippen MR) is 50.2 cm³/mol. The van der Waals surface area contributed by atoms with Gasteiger partial charge in [0.25, 0.3) is 10.1 Å². The predicted octanol–water partition coefficient (Wildman–Crippen LogP) is 1.76. The van der Waals surface area contributed by atoms with E-state index in [-0.39, 0.29) is 4.90 Å².